The van der Waals surface area contributed by atoms with Crippen LogP contribution in [0.2, 0.25) is 5.02 Å². The summed E-state index contributed by atoms with van der Waals surface area (Å²) in [5.74, 6) is -0.0220. The lowest BCUT2D eigenvalue weighted by molar-refractivity contribution is 0.0739. The van der Waals surface area contributed by atoms with Crippen LogP contribution in [-0.4, -0.2) is 15.9 Å². The molecule has 0 spiro atoms. The largest absolute Gasteiger partial charge is 0.421 e. The highest BCUT2D eigenvalue weighted by molar-refractivity contribution is 6.30. The quantitative estimate of drug-likeness (QED) is 0.226. The van der Waals surface area contributed by atoms with Gasteiger partial charge in [0.25, 0.3) is 0 Å². The summed E-state index contributed by atoms with van der Waals surface area (Å²) in [5.41, 5.74) is 5.48. The zero-order chi connectivity index (χ0) is 22.2. The highest BCUT2D eigenvalue weighted by Gasteiger charge is 2.19. The van der Waals surface area contributed by atoms with E-state index in [0.717, 1.165) is 33.0 Å². The van der Waals surface area contributed by atoms with Gasteiger partial charge in [0.05, 0.1) is 16.8 Å². The molecule has 0 unspecified atom stereocenters. The predicted octanol–water partition coefficient (Wildman–Crippen LogP) is 6.94. The van der Waals surface area contributed by atoms with Crippen LogP contribution in [0.1, 0.15) is 21.5 Å². The van der Waals surface area contributed by atoms with Crippen LogP contribution in [0.4, 0.5) is 0 Å². The van der Waals surface area contributed by atoms with Crippen molar-refractivity contribution in [2.24, 2.45) is 0 Å². The maximum Gasteiger partial charge on any atom is 0.344 e. The lowest BCUT2D eigenvalue weighted by Crippen LogP contribution is -2.11. The number of esters is 1. The van der Waals surface area contributed by atoms with E-state index in [4.69, 9.17) is 21.3 Å². The molecule has 0 saturated heterocycles. The fourth-order valence-electron chi connectivity index (χ4n) is 3.93. The molecule has 3 aromatic carbocycles. The van der Waals surface area contributed by atoms with Crippen LogP contribution >= 0.6 is 11.6 Å². The summed E-state index contributed by atoms with van der Waals surface area (Å²) in [6.07, 6.45) is 1.69. The molecule has 0 aliphatic carbocycles. The first-order valence-corrected chi connectivity index (χ1v) is 10.6. The van der Waals surface area contributed by atoms with Crippen LogP contribution < -0.4 is 4.74 Å². The zero-order valence-electron chi connectivity index (χ0n) is 17.6. The predicted molar refractivity (Wildman–Crippen MR) is 128 cm³/mol. The molecule has 32 heavy (non-hydrogen) atoms. The van der Waals surface area contributed by atoms with Crippen molar-refractivity contribution in [1.29, 1.82) is 0 Å². The maximum atomic E-state index is 13.4. The van der Waals surface area contributed by atoms with Gasteiger partial charge in [0.15, 0.2) is 5.75 Å². The van der Waals surface area contributed by atoms with Crippen LogP contribution in [0.25, 0.3) is 33.1 Å². The second-order valence-corrected chi connectivity index (χ2v) is 8.20. The summed E-state index contributed by atoms with van der Waals surface area (Å²) in [7, 11) is 0. The fraction of sp³-hybridized carbons (Fsp3) is 0.0741. The van der Waals surface area contributed by atoms with Gasteiger partial charge in [-0.3, -0.25) is 4.98 Å². The van der Waals surface area contributed by atoms with Gasteiger partial charge >= 0.3 is 5.97 Å². The molecule has 5 heteroatoms. The number of carbonyl (C=O) groups excluding carboxylic acids is 1. The number of aromatic nitrogens is 2. The topological polar surface area (TPSA) is 52.1 Å². The summed E-state index contributed by atoms with van der Waals surface area (Å²) in [6, 6.07) is 22.6. The smallest absolute Gasteiger partial charge is 0.344 e. The van der Waals surface area contributed by atoms with Crippen molar-refractivity contribution >= 4 is 39.4 Å². The van der Waals surface area contributed by atoms with Crippen LogP contribution in [0, 0.1) is 13.8 Å². The Balaban J connectivity index is 1.67. The summed E-state index contributed by atoms with van der Waals surface area (Å²) < 4.78 is 5.86. The Kier molecular flexibility index (Phi) is 5.08. The normalized spacial score (nSPS) is 11.1. The number of hydrogen-bond donors (Lipinski definition) is 0. The van der Waals surface area contributed by atoms with E-state index in [1.54, 1.807) is 18.3 Å². The molecular formula is C27H19ClN2O2. The van der Waals surface area contributed by atoms with Crippen molar-refractivity contribution in [2.75, 3.05) is 0 Å². The molecule has 0 amide bonds. The van der Waals surface area contributed by atoms with Gasteiger partial charge in [0, 0.05) is 27.6 Å². The summed E-state index contributed by atoms with van der Waals surface area (Å²) in [5, 5.41) is 2.31. The molecule has 0 bridgehead atoms. The molecule has 156 valence electrons. The van der Waals surface area contributed by atoms with E-state index >= 15 is 0 Å². The molecule has 2 aromatic heterocycles. The monoisotopic (exact) mass is 438 g/mol. The first-order chi connectivity index (χ1) is 15.5. The number of benzene rings is 3. The van der Waals surface area contributed by atoms with Gasteiger partial charge in [0.2, 0.25) is 0 Å². The Morgan fingerprint density at radius 1 is 0.906 bits per heavy atom. The van der Waals surface area contributed by atoms with Crippen molar-refractivity contribution in [3.05, 3.63) is 101 Å². The van der Waals surface area contributed by atoms with Gasteiger partial charge in [-0.15, -0.1) is 0 Å². The van der Waals surface area contributed by atoms with E-state index in [9.17, 15) is 4.79 Å². The van der Waals surface area contributed by atoms with Crippen molar-refractivity contribution in [3.8, 4) is 17.0 Å². The molecule has 5 aromatic rings. The van der Waals surface area contributed by atoms with E-state index < -0.39 is 5.97 Å². The van der Waals surface area contributed by atoms with Crippen molar-refractivity contribution < 1.29 is 9.53 Å². The van der Waals surface area contributed by atoms with Crippen LogP contribution in [0.5, 0.6) is 5.75 Å². The average molecular weight is 439 g/mol. The second-order valence-electron chi connectivity index (χ2n) is 7.76. The van der Waals surface area contributed by atoms with Crippen LogP contribution in [0.3, 0.4) is 0 Å². The van der Waals surface area contributed by atoms with Crippen molar-refractivity contribution in [1.82, 2.24) is 9.97 Å². The molecule has 2 heterocycles. The summed E-state index contributed by atoms with van der Waals surface area (Å²) in [4.78, 5) is 22.7. The molecule has 5 rings (SSSR count). The van der Waals surface area contributed by atoms with E-state index in [1.807, 2.05) is 68.4 Å². The van der Waals surface area contributed by atoms with Gasteiger partial charge in [-0.1, -0.05) is 53.6 Å². The number of carbonyl (C=O) groups is 1. The minimum atomic E-state index is -0.448. The summed E-state index contributed by atoms with van der Waals surface area (Å²) in [6.45, 7) is 4.00. The number of hydrogen-bond acceptors (Lipinski definition) is 4. The highest BCUT2D eigenvalue weighted by Crippen LogP contribution is 2.30. The number of ether oxygens (including phenoxy) is 1. The Hall–Kier alpha value is -3.76. The Labute approximate surface area is 190 Å². The minimum Gasteiger partial charge on any atom is -0.421 e. The molecule has 0 fully saturated rings. The number of fused-ring (bicyclic) bond motifs is 2. The number of para-hydroxylation sites is 1. The van der Waals surface area contributed by atoms with E-state index in [-0.39, 0.29) is 0 Å². The Bertz CT molecular complexity index is 1490. The Morgan fingerprint density at radius 2 is 1.69 bits per heavy atom. The number of nitrogens with zero attached hydrogens (tertiary/aromatic N) is 2. The molecule has 0 radical (unpaired) electrons. The van der Waals surface area contributed by atoms with Gasteiger partial charge in [-0.2, -0.15) is 0 Å². The third-order valence-electron chi connectivity index (χ3n) is 5.41. The molecule has 0 N–H and O–H groups in total. The summed E-state index contributed by atoms with van der Waals surface area (Å²) >= 11 is 6.06. The molecule has 0 saturated carbocycles. The van der Waals surface area contributed by atoms with E-state index in [1.165, 1.54) is 0 Å². The number of halogens is 1. The third kappa shape index (κ3) is 3.70. The molecule has 0 aliphatic rings. The first-order valence-electron chi connectivity index (χ1n) is 10.2. The lowest BCUT2D eigenvalue weighted by atomic mass is 10.00. The standard InChI is InChI=1S/C27H19ClN2O2/c1-16-13-17(2)25-21(14-16)22(15-23(30-25)18-8-10-20(28)11-9-18)27(31)32-24-7-3-5-19-6-4-12-29-26(19)24/h3-15H,1-2H3. The zero-order valence-corrected chi connectivity index (χ0v) is 18.4. The first kappa shape index (κ1) is 20.2. The molecule has 0 atom stereocenters. The van der Waals surface area contributed by atoms with Crippen molar-refractivity contribution in [2.45, 2.75) is 13.8 Å². The van der Waals surface area contributed by atoms with E-state index in [0.29, 0.717) is 27.5 Å². The number of rotatable bonds is 3. The van der Waals surface area contributed by atoms with Crippen molar-refractivity contribution in [3.63, 3.8) is 0 Å². The number of pyridine rings is 2. The molecule has 0 aliphatic heterocycles. The SMILES string of the molecule is Cc1cc(C)c2nc(-c3ccc(Cl)cc3)cc(C(=O)Oc3cccc4cccnc34)c2c1. The fourth-order valence-corrected chi connectivity index (χ4v) is 4.06. The van der Waals surface area contributed by atoms with Crippen LogP contribution in [-0.2, 0) is 0 Å². The maximum absolute atomic E-state index is 13.4. The van der Waals surface area contributed by atoms with Crippen LogP contribution in [0.15, 0.2) is 79.0 Å². The number of aryl methyl sites for hydroxylation is 2. The average Bonchev–Trinajstić information content (AvgIpc) is 2.79. The van der Waals surface area contributed by atoms with Gasteiger partial charge in [-0.25, -0.2) is 9.78 Å². The second kappa shape index (κ2) is 8.06. The molecule has 4 nitrogen and oxygen atoms in total. The Morgan fingerprint density at radius 3 is 2.50 bits per heavy atom. The third-order valence-corrected chi connectivity index (χ3v) is 5.66. The molecular weight excluding hydrogens is 420 g/mol. The van der Waals surface area contributed by atoms with Gasteiger partial charge < -0.3 is 4.74 Å². The van der Waals surface area contributed by atoms with Gasteiger partial charge in [0.1, 0.15) is 5.52 Å². The van der Waals surface area contributed by atoms with Gasteiger partial charge in [-0.05, 0) is 55.8 Å². The minimum absolute atomic E-state index is 0.426. The highest BCUT2D eigenvalue weighted by atomic mass is 35.5. The van der Waals surface area contributed by atoms with E-state index in [2.05, 4.69) is 11.1 Å². The lowest BCUT2D eigenvalue weighted by Gasteiger charge is -2.13.